The largest absolute Gasteiger partial charge is 0.469 e. The second kappa shape index (κ2) is 12.3. The Morgan fingerprint density at radius 2 is 1.14 bits per heavy atom. The summed E-state index contributed by atoms with van der Waals surface area (Å²) < 4.78 is 14.4. The zero-order valence-corrected chi connectivity index (χ0v) is 37.8. The van der Waals surface area contributed by atoms with Crippen LogP contribution in [0.3, 0.4) is 0 Å². The summed E-state index contributed by atoms with van der Waals surface area (Å²) in [6.45, 7) is 19.4. The third-order valence-corrected chi connectivity index (χ3v) is 16.1. The van der Waals surface area contributed by atoms with Crippen LogP contribution in [0.15, 0.2) is 124 Å². The van der Waals surface area contributed by atoms with Crippen LogP contribution in [0, 0.1) is 0 Å². The van der Waals surface area contributed by atoms with Crippen molar-refractivity contribution < 1.29 is 8.83 Å². The molecule has 0 saturated heterocycles. The molecule has 0 saturated carbocycles. The molecule has 0 amide bonds. The Kier molecular flexibility index (Phi) is 7.29. The van der Waals surface area contributed by atoms with E-state index in [2.05, 4.69) is 181 Å². The van der Waals surface area contributed by atoms with E-state index in [1.807, 2.05) is 0 Å². The molecular weight excluding hydrogens is 767 g/mol. The van der Waals surface area contributed by atoms with Crippen molar-refractivity contribution in [3.63, 3.8) is 0 Å². The number of H-pyrrole nitrogens is 1. The number of hydrogen-bond donors (Lipinski definition) is 1. The predicted octanol–water partition coefficient (Wildman–Crippen LogP) is 14.7. The van der Waals surface area contributed by atoms with Crippen LogP contribution in [0.5, 0.6) is 0 Å². The van der Waals surface area contributed by atoms with Gasteiger partial charge in [-0.2, -0.15) is 0 Å². The summed E-state index contributed by atoms with van der Waals surface area (Å²) in [6, 6.07) is 43.4. The lowest BCUT2D eigenvalue weighted by molar-refractivity contribution is 0.332. The molecule has 0 bridgehead atoms. The molecule has 2 aliphatic carbocycles. The maximum absolute atomic E-state index is 7.27. The van der Waals surface area contributed by atoms with Crippen LogP contribution in [0.25, 0.3) is 76.6 Å². The number of fused-ring (bicyclic) bond motifs is 14. The maximum atomic E-state index is 7.27. The molecule has 0 spiro atoms. The van der Waals surface area contributed by atoms with Gasteiger partial charge in [0.15, 0.2) is 5.58 Å². The quantitative estimate of drug-likeness (QED) is 0.177. The van der Waals surface area contributed by atoms with Gasteiger partial charge in [-0.3, -0.25) is 0 Å². The minimum atomic E-state index is 0.0298. The molecule has 0 atom stereocenters. The number of anilines is 3. The first kappa shape index (κ1) is 37.4. The van der Waals surface area contributed by atoms with Crippen LogP contribution in [-0.4, -0.2) is 12.3 Å². The second-order valence-electron chi connectivity index (χ2n) is 21.9. The van der Waals surface area contributed by atoms with E-state index in [0.29, 0.717) is 7.28 Å². The van der Waals surface area contributed by atoms with E-state index >= 15 is 0 Å². The summed E-state index contributed by atoms with van der Waals surface area (Å²) >= 11 is 0. The molecule has 4 heterocycles. The van der Waals surface area contributed by atoms with Crippen molar-refractivity contribution in [2.24, 2.45) is 0 Å². The highest BCUT2D eigenvalue weighted by molar-refractivity contribution is 6.73. The van der Waals surface area contributed by atoms with Gasteiger partial charge in [0.2, 0.25) is 7.28 Å². The van der Waals surface area contributed by atoms with Crippen LogP contribution < -0.4 is 16.0 Å². The fourth-order valence-corrected chi connectivity index (χ4v) is 12.2. The van der Waals surface area contributed by atoms with Gasteiger partial charge in [-0.05, 0) is 140 Å². The summed E-state index contributed by atoms with van der Waals surface area (Å²) in [5.74, 6) is 0. The van der Waals surface area contributed by atoms with Gasteiger partial charge in [0, 0.05) is 43.7 Å². The molecule has 1 N–H and O–H groups in total. The lowest BCUT2D eigenvalue weighted by atomic mass is 9.60. The average molecular weight is 821 g/mol. The number of benzene rings is 7. The van der Waals surface area contributed by atoms with Gasteiger partial charge in [0.05, 0.1) is 22.6 Å². The summed E-state index contributed by atoms with van der Waals surface area (Å²) in [4.78, 5) is 6.50. The van der Waals surface area contributed by atoms with Crippen LogP contribution >= 0.6 is 0 Å². The third-order valence-electron chi connectivity index (χ3n) is 16.1. The number of aromatic amines is 1. The van der Waals surface area contributed by atoms with E-state index in [0.717, 1.165) is 80.5 Å². The molecule has 4 nitrogen and oxygen atoms in total. The summed E-state index contributed by atoms with van der Waals surface area (Å²) in [7, 11) is 0.638. The Hall–Kier alpha value is -6.20. The number of aromatic nitrogens is 1. The fourth-order valence-electron chi connectivity index (χ4n) is 12.2. The maximum Gasteiger partial charge on any atom is 0.245 e. The van der Waals surface area contributed by atoms with Gasteiger partial charge in [0.25, 0.3) is 0 Å². The smallest absolute Gasteiger partial charge is 0.245 e. The Morgan fingerprint density at radius 3 is 1.90 bits per heavy atom. The van der Waals surface area contributed by atoms with Gasteiger partial charge >= 0.3 is 0 Å². The van der Waals surface area contributed by atoms with Crippen molar-refractivity contribution in [1.82, 2.24) is 4.98 Å². The number of para-hydroxylation sites is 2. The molecule has 1 aliphatic heterocycles. The Labute approximate surface area is 369 Å². The van der Waals surface area contributed by atoms with Gasteiger partial charge in [-0.15, -0.1) is 0 Å². The number of nitrogens with one attached hydrogen (secondary N) is 1. The summed E-state index contributed by atoms with van der Waals surface area (Å²) in [5, 5.41) is 8.38. The molecule has 310 valence electrons. The molecule has 13 rings (SSSR count). The molecule has 3 aliphatic rings. The van der Waals surface area contributed by atoms with Crippen molar-refractivity contribution in [2.75, 3.05) is 4.90 Å². The van der Waals surface area contributed by atoms with Crippen molar-refractivity contribution in [2.45, 2.75) is 103 Å². The lowest BCUT2D eigenvalue weighted by Crippen LogP contribution is -2.40. The minimum Gasteiger partial charge on any atom is -0.469 e. The lowest BCUT2D eigenvalue weighted by Gasteiger charge is -2.43. The van der Waals surface area contributed by atoms with E-state index in [-0.39, 0.29) is 21.7 Å². The van der Waals surface area contributed by atoms with E-state index in [1.54, 1.807) is 0 Å². The topological polar surface area (TPSA) is 45.3 Å². The highest BCUT2D eigenvalue weighted by Crippen LogP contribution is 2.53. The van der Waals surface area contributed by atoms with Crippen molar-refractivity contribution in [3.8, 4) is 11.1 Å². The van der Waals surface area contributed by atoms with Crippen LogP contribution in [0.2, 0.25) is 0 Å². The SMILES string of the molecule is CC1(C)CCC(C)(C)c2cc(N3c4c(oc5cc6c(cc45)C(C)(C)CCC6(C)C)Bc4c(-c5cccc6c5[nH]c5cc7ccccc7cc56)cc5c(oc6ccccc65)c43)ccc21. The van der Waals surface area contributed by atoms with Gasteiger partial charge < -0.3 is 18.7 Å². The van der Waals surface area contributed by atoms with E-state index in [9.17, 15) is 0 Å². The van der Waals surface area contributed by atoms with Crippen LogP contribution in [0.1, 0.15) is 103 Å². The molecule has 3 aromatic heterocycles. The van der Waals surface area contributed by atoms with Crippen LogP contribution in [-0.2, 0) is 21.7 Å². The number of rotatable bonds is 2. The minimum absolute atomic E-state index is 0.0298. The molecule has 0 radical (unpaired) electrons. The third kappa shape index (κ3) is 5.17. The number of furan rings is 2. The normalized spacial score (nSPS) is 18.2. The number of nitrogens with zero attached hydrogens (tertiary/aromatic N) is 1. The first-order valence-corrected chi connectivity index (χ1v) is 23.1. The van der Waals surface area contributed by atoms with Gasteiger partial charge in [-0.25, -0.2) is 0 Å². The second-order valence-corrected chi connectivity index (χ2v) is 21.9. The van der Waals surface area contributed by atoms with Crippen LogP contribution in [0.4, 0.5) is 17.1 Å². The molecule has 5 heteroatoms. The predicted molar refractivity (Wildman–Crippen MR) is 267 cm³/mol. The molecule has 10 aromatic rings. The zero-order chi connectivity index (χ0) is 42.9. The Morgan fingerprint density at radius 1 is 0.492 bits per heavy atom. The molecule has 7 aromatic carbocycles. The molecular formula is C58H53BN2O2. The van der Waals surface area contributed by atoms with E-state index < -0.39 is 0 Å². The molecule has 0 fully saturated rings. The Bertz CT molecular complexity index is 3630. The van der Waals surface area contributed by atoms with Gasteiger partial charge in [-0.1, -0.05) is 122 Å². The van der Waals surface area contributed by atoms with Crippen molar-refractivity contribution in [3.05, 3.63) is 138 Å². The standard InChI is InChI=1S/C58H53BN2O2/c1-55(2)22-23-56(3,4)43-28-34(20-21-42(43)55)61-51-41-30-44-45(58(7,8)25-24-57(44,5)6)31-48(41)63-54(51)59-49-39(29-40-35-16-11-12-19-47(35)62-53(40)52(49)61)37-18-13-17-36-38-26-32-14-9-10-15-33(32)27-46(38)60-50(36)37/h9-21,26-31,59-60H,22-25H2,1-8H3. The molecule has 63 heavy (non-hydrogen) atoms. The molecule has 0 unspecified atom stereocenters. The van der Waals surface area contributed by atoms with Crippen molar-refractivity contribution >= 4 is 101 Å². The first-order chi connectivity index (χ1) is 30.2. The monoisotopic (exact) mass is 820 g/mol. The summed E-state index contributed by atoms with van der Waals surface area (Å²) in [6.07, 6.45) is 4.62. The average Bonchev–Trinajstić information content (AvgIpc) is 3.95. The summed E-state index contributed by atoms with van der Waals surface area (Å²) in [5.41, 5.74) is 19.0. The first-order valence-electron chi connectivity index (χ1n) is 23.1. The van der Waals surface area contributed by atoms with Gasteiger partial charge in [0.1, 0.15) is 11.2 Å². The van der Waals surface area contributed by atoms with E-state index in [4.69, 9.17) is 8.83 Å². The van der Waals surface area contributed by atoms with E-state index in [1.165, 1.54) is 72.2 Å². The van der Waals surface area contributed by atoms with Crippen molar-refractivity contribution in [1.29, 1.82) is 0 Å². The Balaban J connectivity index is 1.16. The number of hydrogen-bond acceptors (Lipinski definition) is 3. The zero-order valence-electron chi connectivity index (χ0n) is 37.8. The highest BCUT2D eigenvalue weighted by atomic mass is 16.3. The highest BCUT2D eigenvalue weighted by Gasteiger charge is 2.42. The fraction of sp³-hybridized carbons (Fsp3) is 0.276.